The number of nitrogens with one attached hydrogen (secondary N) is 1. The number of hydrogen-bond donors (Lipinski definition) is 2. The standard InChI is InChI=1S/C23H24N4O4/c28-20(24-17-10-12-26(13-11-17)14-16-6-2-1-3-7-16)15-27-22(29)19-9-5-4-8-18(19)21(25-27)23(30)31/h1-9,17H,10-15H2,(H,24,28)(H,30,31). The fourth-order valence-electron chi connectivity index (χ4n) is 3.99. The minimum Gasteiger partial charge on any atom is -0.476 e. The molecule has 1 aromatic heterocycles. The molecule has 8 nitrogen and oxygen atoms in total. The highest BCUT2D eigenvalue weighted by atomic mass is 16.4. The minimum absolute atomic E-state index is 0.0228. The van der Waals surface area contributed by atoms with Crippen molar-refractivity contribution in [2.45, 2.75) is 32.0 Å². The number of carboxylic acids is 1. The first-order chi connectivity index (χ1) is 15.0. The molecule has 1 aliphatic rings. The minimum atomic E-state index is -1.24. The zero-order valence-electron chi connectivity index (χ0n) is 17.0. The van der Waals surface area contributed by atoms with Crippen molar-refractivity contribution >= 4 is 22.6 Å². The molecule has 2 N–H and O–H groups in total. The summed E-state index contributed by atoms with van der Waals surface area (Å²) in [7, 11) is 0. The largest absolute Gasteiger partial charge is 0.476 e. The van der Waals surface area contributed by atoms with E-state index in [0.29, 0.717) is 0 Å². The normalized spacial score (nSPS) is 15.1. The van der Waals surface area contributed by atoms with Gasteiger partial charge in [-0.25, -0.2) is 9.48 Å². The Morgan fingerprint density at radius 3 is 2.32 bits per heavy atom. The summed E-state index contributed by atoms with van der Waals surface area (Å²) in [5.41, 5.74) is 0.548. The lowest BCUT2D eigenvalue weighted by molar-refractivity contribution is -0.123. The second-order valence-electron chi connectivity index (χ2n) is 7.77. The molecule has 0 atom stereocenters. The molecular formula is C23H24N4O4. The topological polar surface area (TPSA) is 105 Å². The Labute approximate surface area is 179 Å². The predicted molar refractivity (Wildman–Crippen MR) is 116 cm³/mol. The summed E-state index contributed by atoms with van der Waals surface area (Å²) in [6.07, 6.45) is 1.64. The summed E-state index contributed by atoms with van der Waals surface area (Å²) in [5, 5.41) is 16.8. The first kappa shape index (κ1) is 20.7. The van der Waals surface area contributed by atoms with Crippen LogP contribution in [0.4, 0.5) is 0 Å². The number of hydrogen-bond acceptors (Lipinski definition) is 5. The highest BCUT2D eigenvalue weighted by Crippen LogP contribution is 2.15. The number of amides is 1. The number of aromatic nitrogens is 2. The Morgan fingerprint density at radius 2 is 1.65 bits per heavy atom. The molecule has 0 aliphatic carbocycles. The Hall–Kier alpha value is -3.52. The molecule has 4 rings (SSSR count). The Kier molecular flexibility index (Phi) is 6.08. The third kappa shape index (κ3) is 4.80. The molecular weight excluding hydrogens is 396 g/mol. The smallest absolute Gasteiger partial charge is 0.357 e. The van der Waals surface area contributed by atoms with Crippen LogP contribution in [0.2, 0.25) is 0 Å². The number of likely N-dealkylation sites (tertiary alicyclic amines) is 1. The van der Waals surface area contributed by atoms with E-state index < -0.39 is 11.5 Å². The molecule has 0 saturated carbocycles. The van der Waals surface area contributed by atoms with E-state index in [1.165, 1.54) is 5.56 Å². The SMILES string of the molecule is O=C(Cn1nc(C(=O)O)c2ccccc2c1=O)NC1CCN(Cc2ccccc2)CC1. The van der Waals surface area contributed by atoms with E-state index in [2.05, 4.69) is 27.4 Å². The molecule has 1 saturated heterocycles. The molecule has 1 aliphatic heterocycles. The maximum absolute atomic E-state index is 12.7. The lowest BCUT2D eigenvalue weighted by atomic mass is 10.0. The summed E-state index contributed by atoms with van der Waals surface area (Å²) in [5.74, 6) is -1.58. The van der Waals surface area contributed by atoms with Crippen molar-refractivity contribution in [1.29, 1.82) is 0 Å². The first-order valence-corrected chi connectivity index (χ1v) is 10.3. The van der Waals surface area contributed by atoms with Gasteiger partial charge in [-0.1, -0.05) is 48.5 Å². The summed E-state index contributed by atoms with van der Waals surface area (Å²) in [6.45, 7) is 2.32. The van der Waals surface area contributed by atoms with Crippen LogP contribution in [0, 0.1) is 0 Å². The fraction of sp³-hybridized carbons (Fsp3) is 0.304. The number of carbonyl (C=O) groups is 2. The van der Waals surface area contributed by atoms with Crippen molar-refractivity contribution < 1.29 is 14.7 Å². The van der Waals surface area contributed by atoms with Gasteiger partial charge in [-0.3, -0.25) is 14.5 Å². The van der Waals surface area contributed by atoms with Gasteiger partial charge in [0, 0.05) is 31.1 Å². The van der Waals surface area contributed by atoms with Crippen molar-refractivity contribution in [3.8, 4) is 0 Å². The molecule has 1 amide bonds. The third-order valence-corrected chi connectivity index (χ3v) is 5.57. The summed E-state index contributed by atoms with van der Waals surface area (Å²) in [6, 6.07) is 16.7. The van der Waals surface area contributed by atoms with Crippen LogP contribution >= 0.6 is 0 Å². The molecule has 8 heteroatoms. The number of nitrogens with zero attached hydrogens (tertiary/aromatic N) is 3. The average molecular weight is 420 g/mol. The Morgan fingerprint density at radius 1 is 1.00 bits per heavy atom. The number of piperidine rings is 1. The lowest BCUT2D eigenvalue weighted by Crippen LogP contribution is -2.46. The van der Waals surface area contributed by atoms with E-state index in [-0.39, 0.29) is 35.0 Å². The molecule has 0 unspecified atom stereocenters. The van der Waals surface area contributed by atoms with Crippen molar-refractivity contribution in [1.82, 2.24) is 20.0 Å². The highest BCUT2D eigenvalue weighted by Gasteiger charge is 2.22. The maximum Gasteiger partial charge on any atom is 0.357 e. The van der Waals surface area contributed by atoms with E-state index in [4.69, 9.17) is 0 Å². The zero-order chi connectivity index (χ0) is 21.8. The van der Waals surface area contributed by atoms with Crippen LogP contribution in [0.5, 0.6) is 0 Å². The third-order valence-electron chi connectivity index (χ3n) is 5.57. The van der Waals surface area contributed by atoms with Crippen LogP contribution in [-0.4, -0.2) is 50.8 Å². The second-order valence-corrected chi connectivity index (χ2v) is 7.77. The van der Waals surface area contributed by atoms with Crippen molar-refractivity contribution in [3.63, 3.8) is 0 Å². The molecule has 0 spiro atoms. The number of carboxylic acid groups (broad SMARTS) is 1. The Balaban J connectivity index is 1.38. The number of aromatic carboxylic acids is 1. The highest BCUT2D eigenvalue weighted by molar-refractivity contribution is 6.01. The van der Waals surface area contributed by atoms with Crippen LogP contribution in [0.25, 0.3) is 10.8 Å². The second kappa shape index (κ2) is 9.09. The van der Waals surface area contributed by atoms with Crippen molar-refractivity contribution in [2.24, 2.45) is 0 Å². The van der Waals surface area contributed by atoms with Gasteiger partial charge in [0.15, 0.2) is 5.69 Å². The van der Waals surface area contributed by atoms with Crippen molar-refractivity contribution in [3.05, 3.63) is 76.2 Å². The van der Waals surface area contributed by atoms with Crippen LogP contribution in [0.1, 0.15) is 28.9 Å². The van der Waals surface area contributed by atoms with Gasteiger partial charge in [0.2, 0.25) is 5.91 Å². The first-order valence-electron chi connectivity index (χ1n) is 10.3. The zero-order valence-corrected chi connectivity index (χ0v) is 17.0. The van der Waals surface area contributed by atoms with Gasteiger partial charge in [-0.2, -0.15) is 5.10 Å². The molecule has 2 aromatic carbocycles. The predicted octanol–water partition coefficient (Wildman–Crippen LogP) is 1.88. The van der Waals surface area contributed by atoms with Gasteiger partial charge in [0.1, 0.15) is 6.54 Å². The molecule has 2 heterocycles. The van der Waals surface area contributed by atoms with E-state index in [0.717, 1.165) is 37.2 Å². The molecule has 0 bridgehead atoms. The van der Waals surface area contributed by atoms with E-state index in [1.807, 2.05) is 18.2 Å². The van der Waals surface area contributed by atoms with Gasteiger partial charge in [0.05, 0.1) is 5.39 Å². The van der Waals surface area contributed by atoms with Crippen LogP contribution in [0.3, 0.4) is 0 Å². The van der Waals surface area contributed by atoms with Gasteiger partial charge < -0.3 is 10.4 Å². The van der Waals surface area contributed by atoms with E-state index >= 15 is 0 Å². The summed E-state index contributed by atoms with van der Waals surface area (Å²) >= 11 is 0. The van der Waals surface area contributed by atoms with Crippen LogP contribution in [-0.2, 0) is 17.9 Å². The number of fused-ring (bicyclic) bond motifs is 1. The van der Waals surface area contributed by atoms with Gasteiger partial charge in [-0.15, -0.1) is 0 Å². The van der Waals surface area contributed by atoms with Crippen molar-refractivity contribution in [2.75, 3.05) is 13.1 Å². The monoisotopic (exact) mass is 420 g/mol. The Bertz CT molecular complexity index is 1150. The average Bonchev–Trinajstić information content (AvgIpc) is 2.77. The summed E-state index contributed by atoms with van der Waals surface area (Å²) < 4.78 is 0.936. The molecule has 0 radical (unpaired) electrons. The molecule has 160 valence electrons. The summed E-state index contributed by atoms with van der Waals surface area (Å²) in [4.78, 5) is 39.1. The van der Waals surface area contributed by atoms with Gasteiger partial charge in [0.25, 0.3) is 5.56 Å². The molecule has 31 heavy (non-hydrogen) atoms. The number of rotatable bonds is 6. The number of benzene rings is 2. The van der Waals surface area contributed by atoms with Crippen LogP contribution in [0.15, 0.2) is 59.4 Å². The van der Waals surface area contributed by atoms with Crippen LogP contribution < -0.4 is 10.9 Å². The molecule has 3 aromatic rings. The lowest BCUT2D eigenvalue weighted by Gasteiger charge is -2.32. The van der Waals surface area contributed by atoms with Gasteiger partial charge in [-0.05, 0) is 24.5 Å². The molecule has 1 fully saturated rings. The van der Waals surface area contributed by atoms with E-state index in [9.17, 15) is 19.5 Å². The maximum atomic E-state index is 12.7. The number of carbonyl (C=O) groups excluding carboxylic acids is 1. The quantitative estimate of drug-likeness (QED) is 0.631. The fourth-order valence-corrected chi connectivity index (χ4v) is 3.99. The van der Waals surface area contributed by atoms with Gasteiger partial charge >= 0.3 is 5.97 Å². The van der Waals surface area contributed by atoms with E-state index in [1.54, 1.807) is 24.3 Å².